The minimum atomic E-state index is -3.58. The molecule has 0 radical (unpaired) electrons. The number of benzene rings is 1. The molecule has 140 valence electrons. The summed E-state index contributed by atoms with van der Waals surface area (Å²) in [4.78, 5) is 12.7. The highest BCUT2D eigenvalue weighted by Gasteiger charge is 2.34. The van der Waals surface area contributed by atoms with Crippen molar-refractivity contribution in [2.24, 2.45) is 5.92 Å². The summed E-state index contributed by atoms with van der Waals surface area (Å²) >= 11 is 0. The number of nitrogens with zero attached hydrogens (tertiary/aromatic N) is 2. The molecule has 3 rings (SSSR count). The van der Waals surface area contributed by atoms with E-state index in [1.54, 1.807) is 13.8 Å². The van der Waals surface area contributed by atoms with Crippen molar-refractivity contribution in [2.75, 3.05) is 18.4 Å². The molecule has 2 N–H and O–H groups in total. The number of H-pyrrole nitrogens is 1. The minimum Gasteiger partial charge on any atom is -0.326 e. The smallest absolute Gasteiger partial charge is 0.246 e. The van der Waals surface area contributed by atoms with Crippen LogP contribution in [-0.4, -0.2) is 41.9 Å². The highest BCUT2D eigenvalue weighted by Crippen LogP contribution is 2.27. The van der Waals surface area contributed by atoms with Crippen molar-refractivity contribution < 1.29 is 13.2 Å². The topological polar surface area (TPSA) is 95.2 Å². The summed E-state index contributed by atoms with van der Waals surface area (Å²) in [5, 5.41) is 9.62. The molecule has 0 unspecified atom stereocenters. The lowest BCUT2D eigenvalue weighted by Crippen LogP contribution is -2.41. The Morgan fingerprint density at radius 2 is 1.77 bits per heavy atom. The predicted molar refractivity (Wildman–Crippen MR) is 99.4 cm³/mol. The summed E-state index contributed by atoms with van der Waals surface area (Å²) < 4.78 is 27.2. The molecule has 1 aromatic carbocycles. The predicted octanol–water partition coefficient (Wildman–Crippen LogP) is 2.37. The number of hydrogen-bond acceptors (Lipinski definition) is 4. The number of aromatic nitrogens is 2. The Bertz CT molecular complexity index is 876. The molecule has 8 heteroatoms. The molecule has 1 amide bonds. The van der Waals surface area contributed by atoms with E-state index in [0.29, 0.717) is 37.3 Å². The fraction of sp³-hybridized carbons (Fsp3) is 0.444. The van der Waals surface area contributed by atoms with Gasteiger partial charge in [-0.3, -0.25) is 9.89 Å². The average Bonchev–Trinajstić information content (AvgIpc) is 2.96. The normalized spacial score (nSPS) is 16.6. The molecule has 0 aliphatic carbocycles. The van der Waals surface area contributed by atoms with E-state index in [9.17, 15) is 13.2 Å². The first-order valence-corrected chi connectivity index (χ1v) is 10.1. The van der Waals surface area contributed by atoms with E-state index in [2.05, 4.69) is 15.5 Å². The maximum atomic E-state index is 12.9. The van der Waals surface area contributed by atoms with E-state index in [-0.39, 0.29) is 16.7 Å². The Balaban J connectivity index is 1.63. The van der Waals surface area contributed by atoms with E-state index < -0.39 is 10.0 Å². The lowest BCUT2D eigenvalue weighted by molar-refractivity contribution is -0.120. The minimum absolute atomic E-state index is 0.0541. The quantitative estimate of drug-likeness (QED) is 0.856. The van der Waals surface area contributed by atoms with Gasteiger partial charge >= 0.3 is 0 Å². The van der Waals surface area contributed by atoms with Gasteiger partial charge in [0.2, 0.25) is 15.9 Å². The monoisotopic (exact) mass is 376 g/mol. The lowest BCUT2D eigenvalue weighted by Gasteiger charge is -2.30. The molecule has 1 fully saturated rings. The van der Waals surface area contributed by atoms with Crippen LogP contribution in [-0.2, 0) is 14.8 Å². The first kappa shape index (κ1) is 18.6. The van der Waals surface area contributed by atoms with E-state index in [1.165, 1.54) is 4.31 Å². The molecule has 0 atom stereocenters. The summed E-state index contributed by atoms with van der Waals surface area (Å²) in [5.41, 5.74) is 2.91. The number of hydrogen-bond donors (Lipinski definition) is 2. The van der Waals surface area contributed by atoms with Crippen LogP contribution in [0.15, 0.2) is 29.2 Å². The van der Waals surface area contributed by atoms with Crippen LogP contribution in [0, 0.1) is 26.7 Å². The SMILES string of the molecule is Cc1ccc(NC(=O)C2CCN(S(=O)(=O)c3c(C)n[nH]c3C)CC2)cc1. The lowest BCUT2D eigenvalue weighted by atomic mass is 9.97. The second-order valence-electron chi connectivity index (χ2n) is 6.80. The number of amides is 1. The number of carbonyl (C=O) groups is 1. The second kappa shape index (κ2) is 7.20. The van der Waals surface area contributed by atoms with Crippen molar-refractivity contribution in [2.45, 2.75) is 38.5 Å². The van der Waals surface area contributed by atoms with Crippen LogP contribution in [0.25, 0.3) is 0 Å². The number of aromatic amines is 1. The van der Waals surface area contributed by atoms with Crippen LogP contribution in [0.5, 0.6) is 0 Å². The van der Waals surface area contributed by atoms with Crippen molar-refractivity contribution in [3.05, 3.63) is 41.2 Å². The zero-order valence-corrected chi connectivity index (χ0v) is 16.1. The first-order chi connectivity index (χ1) is 12.3. The molecule has 1 aliphatic heterocycles. The van der Waals surface area contributed by atoms with Crippen molar-refractivity contribution in [3.63, 3.8) is 0 Å². The Hall–Kier alpha value is -2.19. The third-order valence-corrected chi connectivity index (χ3v) is 6.96. The molecule has 7 nitrogen and oxygen atoms in total. The number of carbonyl (C=O) groups excluding carboxylic acids is 1. The number of nitrogens with one attached hydrogen (secondary N) is 2. The van der Waals surface area contributed by atoms with E-state index in [4.69, 9.17) is 0 Å². The number of aryl methyl sites for hydroxylation is 3. The van der Waals surface area contributed by atoms with Crippen LogP contribution >= 0.6 is 0 Å². The van der Waals surface area contributed by atoms with Crippen molar-refractivity contribution in [3.8, 4) is 0 Å². The molecule has 26 heavy (non-hydrogen) atoms. The largest absolute Gasteiger partial charge is 0.326 e. The highest BCUT2D eigenvalue weighted by molar-refractivity contribution is 7.89. The number of sulfonamides is 1. The standard InChI is InChI=1S/C18H24N4O3S/c1-12-4-6-16(7-5-12)19-18(23)15-8-10-22(11-9-15)26(24,25)17-13(2)20-21-14(17)3/h4-7,15H,8-11H2,1-3H3,(H,19,23)(H,20,21). The maximum absolute atomic E-state index is 12.9. The Kier molecular flexibility index (Phi) is 5.15. The molecular formula is C18H24N4O3S. The zero-order valence-electron chi connectivity index (χ0n) is 15.2. The molecular weight excluding hydrogens is 352 g/mol. The number of piperidine rings is 1. The molecule has 1 saturated heterocycles. The van der Waals surface area contributed by atoms with Crippen molar-refractivity contribution in [1.82, 2.24) is 14.5 Å². The van der Waals surface area contributed by atoms with Crippen LogP contribution in [0.2, 0.25) is 0 Å². The van der Waals surface area contributed by atoms with Gasteiger partial charge < -0.3 is 5.32 Å². The summed E-state index contributed by atoms with van der Waals surface area (Å²) in [7, 11) is -3.58. The van der Waals surface area contributed by atoms with Gasteiger partial charge in [0.25, 0.3) is 0 Å². The average molecular weight is 376 g/mol. The van der Waals surface area contributed by atoms with Crippen LogP contribution < -0.4 is 5.32 Å². The third kappa shape index (κ3) is 3.66. The van der Waals surface area contributed by atoms with Crippen LogP contribution in [0.1, 0.15) is 29.8 Å². The van der Waals surface area contributed by atoms with Gasteiger partial charge in [-0.1, -0.05) is 17.7 Å². The first-order valence-electron chi connectivity index (χ1n) is 8.68. The third-order valence-electron chi connectivity index (χ3n) is 4.80. The summed E-state index contributed by atoms with van der Waals surface area (Å²) in [6.07, 6.45) is 1.01. The van der Waals surface area contributed by atoms with E-state index in [1.807, 2.05) is 31.2 Å². The van der Waals surface area contributed by atoms with Gasteiger partial charge in [0.15, 0.2) is 0 Å². The van der Waals surface area contributed by atoms with Crippen LogP contribution in [0.3, 0.4) is 0 Å². The molecule has 1 aromatic heterocycles. The molecule has 2 aromatic rings. The molecule has 0 saturated carbocycles. The van der Waals surface area contributed by atoms with Gasteiger partial charge in [0.05, 0.1) is 11.4 Å². The Morgan fingerprint density at radius 3 is 2.31 bits per heavy atom. The van der Waals surface area contributed by atoms with Gasteiger partial charge in [0.1, 0.15) is 4.90 Å². The van der Waals surface area contributed by atoms with E-state index in [0.717, 1.165) is 11.3 Å². The van der Waals surface area contributed by atoms with Gasteiger partial charge in [-0.15, -0.1) is 0 Å². The summed E-state index contributed by atoms with van der Waals surface area (Å²) in [6, 6.07) is 7.63. The van der Waals surface area contributed by atoms with Gasteiger partial charge in [-0.05, 0) is 45.7 Å². The second-order valence-corrected chi connectivity index (χ2v) is 8.67. The van der Waals surface area contributed by atoms with Crippen molar-refractivity contribution in [1.29, 1.82) is 0 Å². The van der Waals surface area contributed by atoms with Gasteiger partial charge in [0, 0.05) is 24.7 Å². The van der Waals surface area contributed by atoms with E-state index >= 15 is 0 Å². The summed E-state index contributed by atoms with van der Waals surface area (Å²) in [6.45, 7) is 6.04. The zero-order chi connectivity index (χ0) is 18.9. The maximum Gasteiger partial charge on any atom is 0.246 e. The van der Waals surface area contributed by atoms with Gasteiger partial charge in [-0.2, -0.15) is 9.40 Å². The van der Waals surface area contributed by atoms with Gasteiger partial charge in [-0.25, -0.2) is 8.42 Å². The molecule has 1 aliphatic rings. The summed E-state index contributed by atoms with van der Waals surface area (Å²) in [5.74, 6) is -0.240. The number of anilines is 1. The molecule has 0 spiro atoms. The molecule has 0 bridgehead atoms. The Labute approximate surface area is 153 Å². The van der Waals surface area contributed by atoms with Crippen molar-refractivity contribution >= 4 is 21.6 Å². The number of rotatable bonds is 4. The Morgan fingerprint density at radius 1 is 1.15 bits per heavy atom. The fourth-order valence-corrected chi connectivity index (χ4v) is 5.09. The molecule has 2 heterocycles. The highest BCUT2D eigenvalue weighted by atomic mass is 32.2. The van der Waals surface area contributed by atoms with Crippen LogP contribution in [0.4, 0.5) is 5.69 Å². The fourth-order valence-electron chi connectivity index (χ4n) is 3.29.